The van der Waals surface area contributed by atoms with Crippen LogP contribution in [-0.2, 0) is 0 Å². The van der Waals surface area contributed by atoms with Crippen LogP contribution >= 0.6 is 27.7 Å². The van der Waals surface area contributed by atoms with Crippen LogP contribution in [0.25, 0.3) is 0 Å². The molecule has 3 rings (SSSR count). The van der Waals surface area contributed by atoms with Crippen LogP contribution in [0.1, 0.15) is 0 Å². The monoisotopic (exact) mass is 365 g/mol. The summed E-state index contributed by atoms with van der Waals surface area (Å²) in [4.78, 5) is 17.7. The highest BCUT2D eigenvalue weighted by atomic mass is 79.9. The highest BCUT2D eigenvalue weighted by Crippen LogP contribution is 2.29. The minimum absolute atomic E-state index is 0.438. The molecule has 0 spiro atoms. The average Bonchev–Trinajstić information content (AvgIpc) is 2.47. The second kappa shape index (κ2) is 6.19. The van der Waals surface area contributed by atoms with E-state index in [1.807, 2.05) is 36.8 Å². The molecule has 0 radical (unpaired) electrons. The van der Waals surface area contributed by atoms with E-state index in [9.17, 15) is 0 Å². The van der Waals surface area contributed by atoms with Crippen LogP contribution in [-0.4, -0.2) is 47.4 Å². The van der Waals surface area contributed by atoms with Crippen LogP contribution in [0, 0.1) is 0 Å². The van der Waals surface area contributed by atoms with Crippen LogP contribution in [0.4, 0.5) is 11.6 Å². The summed E-state index contributed by atoms with van der Waals surface area (Å²) in [6.07, 6.45) is 5.64. The van der Waals surface area contributed by atoms with Crippen molar-refractivity contribution in [3.8, 4) is 0 Å². The van der Waals surface area contributed by atoms with Gasteiger partial charge in [0.05, 0.1) is 10.5 Å². The fraction of sp³-hybridized carbons (Fsp3) is 0.357. The van der Waals surface area contributed by atoms with Gasteiger partial charge in [0.1, 0.15) is 11.6 Å². The topological polar surface area (TPSA) is 45.2 Å². The summed E-state index contributed by atoms with van der Waals surface area (Å²) in [5.41, 5.74) is 0. The lowest BCUT2D eigenvalue weighted by Crippen LogP contribution is -2.59. The zero-order chi connectivity index (χ0) is 14.8. The van der Waals surface area contributed by atoms with Gasteiger partial charge in [0.15, 0.2) is 5.16 Å². The number of hydrogen-bond acceptors (Lipinski definition) is 6. The fourth-order valence-electron chi connectivity index (χ4n) is 2.29. The van der Waals surface area contributed by atoms with Gasteiger partial charge in [-0.15, -0.1) is 0 Å². The Labute approximate surface area is 136 Å². The summed E-state index contributed by atoms with van der Waals surface area (Å²) >= 11 is 5.09. The molecule has 2 aromatic heterocycles. The standard InChI is InChI=1S/C14H16BrN5S/c1-19(13-11(15)7-17-14(18-13)21-2)10-8-20(9-10)12-5-3-4-6-16-12/h3-7,10H,8-9H2,1-2H3. The van der Waals surface area contributed by atoms with Crippen molar-refractivity contribution in [2.45, 2.75) is 11.2 Å². The van der Waals surface area contributed by atoms with E-state index in [1.54, 1.807) is 11.8 Å². The zero-order valence-electron chi connectivity index (χ0n) is 11.9. The first kappa shape index (κ1) is 14.6. The third kappa shape index (κ3) is 2.98. The number of nitrogens with zero attached hydrogens (tertiary/aromatic N) is 5. The Hall–Kier alpha value is -1.34. The molecule has 1 aliphatic heterocycles. The Morgan fingerprint density at radius 3 is 2.81 bits per heavy atom. The fourth-order valence-corrected chi connectivity index (χ4v) is 3.10. The molecular formula is C14H16BrN5S. The first-order chi connectivity index (χ1) is 10.2. The van der Waals surface area contributed by atoms with Crippen molar-refractivity contribution in [1.29, 1.82) is 0 Å². The molecule has 0 bridgehead atoms. The maximum Gasteiger partial charge on any atom is 0.189 e. The first-order valence-corrected chi connectivity index (χ1v) is 8.66. The minimum Gasteiger partial charge on any atom is -0.352 e. The molecule has 1 fully saturated rings. The molecule has 0 N–H and O–H groups in total. The average molecular weight is 366 g/mol. The van der Waals surface area contributed by atoms with Crippen molar-refractivity contribution >= 4 is 39.3 Å². The smallest absolute Gasteiger partial charge is 0.189 e. The first-order valence-electron chi connectivity index (χ1n) is 6.64. The van der Waals surface area contributed by atoms with Crippen LogP contribution in [0.2, 0.25) is 0 Å². The van der Waals surface area contributed by atoms with E-state index in [1.165, 1.54) is 0 Å². The van der Waals surface area contributed by atoms with Gasteiger partial charge in [-0.1, -0.05) is 17.8 Å². The van der Waals surface area contributed by atoms with Gasteiger partial charge in [0, 0.05) is 32.5 Å². The molecule has 0 amide bonds. The number of rotatable bonds is 4. The van der Waals surface area contributed by atoms with Crippen LogP contribution in [0.5, 0.6) is 0 Å². The number of pyridine rings is 1. The van der Waals surface area contributed by atoms with Gasteiger partial charge in [0.2, 0.25) is 0 Å². The molecule has 110 valence electrons. The summed E-state index contributed by atoms with van der Waals surface area (Å²) in [7, 11) is 2.08. The number of halogens is 1. The second-order valence-corrected chi connectivity index (χ2v) is 6.51. The van der Waals surface area contributed by atoms with E-state index in [4.69, 9.17) is 0 Å². The lowest BCUT2D eigenvalue weighted by Gasteiger charge is -2.45. The summed E-state index contributed by atoms with van der Waals surface area (Å²) < 4.78 is 0.930. The van der Waals surface area contributed by atoms with Gasteiger partial charge in [-0.25, -0.2) is 15.0 Å². The Balaban J connectivity index is 1.69. The molecule has 1 saturated heterocycles. The molecule has 7 heteroatoms. The molecule has 3 heterocycles. The molecule has 2 aromatic rings. The number of aromatic nitrogens is 3. The summed E-state index contributed by atoms with van der Waals surface area (Å²) in [6.45, 7) is 1.91. The van der Waals surface area contributed by atoms with E-state index in [2.05, 4.69) is 47.7 Å². The molecule has 0 aliphatic carbocycles. The van der Waals surface area contributed by atoms with E-state index >= 15 is 0 Å². The summed E-state index contributed by atoms with van der Waals surface area (Å²) in [6, 6.07) is 6.44. The van der Waals surface area contributed by atoms with Crippen LogP contribution in [0.3, 0.4) is 0 Å². The Morgan fingerprint density at radius 2 is 2.14 bits per heavy atom. The molecular weight excluding hydrogens is 350 g/mol. The molecule has 0 unspecified atom stereocenters. The lowest BCUT2D eigenvalue weighted by atomic mass is 10.1. The quantitative estimate of drug-likeness (QED) is 0.613. The number of likely N-dealkylation sites (N-methyl/N-ethyl adjacent to an activating group) is 1. The molecule has 5 nitrogen and oxygen atoms in total. The SMILES string of the molecule is CSc1ncc(Br)c(N(C)C2CN(c3ccccn3)C2)n1. The van der Waals surface area contributed by atoms with Crippen LogP contribution in [0.15, 0.2) is 40.2 Å². The van der Waals surface area contributed by atoms with Gasteiger partial charge in [-0.2, -0.15) is 0 Å². The lowest BCUT2D eigenvalue weighted by molar-refractivity contribution is 0.488. The summed E-state index contributed by atoms with van der Waals surface area (Å²) in [5, 5.41) is 0.793. The Kier molecular flexibility index (Phi) is 4.30. The van der Waals surface area contributed by atoms with E-state index in [0.717, 1.165) is 34.4 Å². The van der Waals surface area contributed by atoms with Crippen molar-refractivity contribution in [2.75, 3.05) is 36.2 Å². The van der Waals surface area contributed by atoms with Crippen molar-refractivity contribution in [1.82, 2.24) is 15.0 Å². The van der Waals surface area contributed by atoms with Gasteiger partial charge < -0.3 is 9.80 Å². The van der Waals surface area contributed by atoms with Crippen molar-refractivity contribution in [2.24, 2.45) is 0 Å². The predicted octanol–water partition coefficient (Wildman–Crippen LogP) is 2.68. The van der Waals surface area contributed by atoms with Crippen molar-refractivity contribution < 1.29 is 0 Å². The highest BCUT2D eigenvalue weighted by molar-refractivity contribution is 9.10. The second-order valence-electron chi connectivity index (χ2n) is 4.89. The van der Waals surface area contributed by atoms with Crippen LogP contribution < -0.4 is 9.80 Å². The zero-order valence-corrected chi connectivity index (χ0v) is 14.3. The minimum atomic E-state index is 0.438. The van der Waals surface area contributed by atoms with E-state index in [0.29, 0.717) is 6.04 Å². The van der Waals surface area contributed by atoms with E-state index < -0.39 is 0 Å². The molecule has 0 atom stereocenters. The molecule has 0 aromatic carbocycles. The largest absolute Gasteiger partial charge is 0.352 e. The molecule has 1 aliphatic rings. The molecule has 21 heavy (non-hydrogen) atoms. The van der Waals surface area contributed by atoms with Gasteiger partial charge in [-0.3, -0.25) is 0 Å². The summed E-state index contributed by atoms with van der Waals surface area (Å²) in [5.74, 6) is 1.98. The van der Waals surface area contributed by atoms with Gasteiger partial charge >= 0.3 is 0 Å². The van der Waals surface area contributed by atoms with Gasteiger partial charge in [-0.05, 0) is 34.3 Å². The van der Waals surface area contributed by atoms with Crippen molar-refractivity contribution in [3.63, 3.8) is 0 Å². The third-order valence-corrected chi connectivity index (χ3v) is 4.72. The number of anilines is 2. The predicted molar refractivity (Wildman–Crippen MR) is 90.2 cm³/mol. The maximum absolute atomic E-state index is 4.59. The number of thioether (sulfide) groups is 1. The third-order valence-electron chi connectivity index (χ3n) is 3.60. The van der Waals surface area contributed by atoms with Crippen molar-refractivity contribution in [3.05, 3.63) is 35.1 Å². The Morgan fingerprint density at radius 1 is 1.33 bits per heavy atom. The number of hydrogen-bond donors (Lipinski definition) is 0. The maximum atomic E-state index is 4.59. The van der Waals surface area contributed by atoms with E-state index in [-0.39, 0.29) is 0 Å². The molecule has 0 saturated carbocycles. The Bertz CT molecular complexity index is 618. The normalized spacial score (nSPS) is 14.9. The van der Waals surface area contributed by atoms with Gasteiger partial charge in [0.25, 0.3) is 0 Å². The highest BCUT2D eigenvalue weighted by Gasteiger charge is 2.32.